The van der Waals surface area contributed by atoms with Gasteiger partial charge in [-0.25, -0.2) is 0 Å². The average Bonchev–Trinajstić information content (AvgIpc) is 2.65. The Bertz CT molecular complexity index is 992. The molecule has 0 aliphatic heterocycles. The third-order valence-corrected chi connectivity index (χ3v) is 4.20. The Labute approximate surface area is 151 Å². The number of carbonyl (C=O) groups is 1. The van der Waals surface area contributed by atoms with Crippen LogP contribution in [0.25, 0.3) is 0 Å². The van der Waals surface area contributed by atoms with Gasteiger partial charge in [0.05, 0.1) is 24.9 Å². The summed E-state index contributed by atoms with van der Waals surface area (Å²) in [5.41, 5.74) is 2.98. The van der Waals surface area contributed by atoms with Gasteiger partial charge in [-0.1, -0.05) is 36.4 Å². The summed E-state index contributed by atoms with van der Waals surface area (Å²) in [5, 5.41) is 2.82. The number of aryl methyl sites for hydroxylation is 1. The molecular weight excluding hydrogens is 328 g/mol. The fraction of sp³-hybridized carbons (Fsp3) is 0.143. The Kier molecular flexibility index (Phi) is 5.17. The average molecular weight is 348 g/mol. The van der Waals surface area contributed by atoms with Crippen LogP contribution in [-0.2, 0) is 6.54 Å². The predicted octanol–water partition coefficient (Wildman–Crippen LogP) is 3.47. The Morgan fingerprint density at radius 3 is 2.54 bits per heavy atom. The zero-order chi connectivity index (χ0) is 18.5. The first-order valence-electron chi connectivity index (χ1n) is 8.28. The lowest BCUT2D eigenvalue weighted by molar-refractivity contribution is 0.102. The van der Waals surface area contributed by atoms with Crippen molar-refractivity contribution >= 4 is 11.6 Å². The SMILES string of the molecule is COc1ccccc1NC(=O)c1ccc(=O)n(Cc2ccccc2C)c1. The van der Waals surface area contributed by atoms with E-state index in [-0.39, 0.29) is 11.5 Å². The number of anilines is 1. The number of para-hydroxylation sites is 2. The molecule has 0 unspecified atom stereocenters. The maximum atomic E-state index is 12.6. The molecule has 0 bridgehead atoms. The van der Waals surface area contributed by atoms with Crippen LogP contribution in [0.2, 0.25) is 0 Å². The number of nitrogens with one attached hydrogen (secondary N) is 1. The van der Waals surface area contributed by atoms with Crippen LogP contribution in [0.5, 0.6) is 5.75 Å². The molecule has 0 aliphatic carbocycles. The first-order chi connectivity index (χ1) is 12.6. The molecule has 132 valence electrons. The van der Waals surface area contributed by atoms with Gasteiger partial charge in [0.15, 0.2) is 0 Å². The maximum absolute atomic E-state index is 12.6. The minimum absolute atomic E-state index is 0.151. The monoisotopic (exact) mass is 348 g/mol. The highest BCUT2D eigenvalue weighted by atomic mass is 16.5. The summed E-state index contributed by atoms with van der Waals surface area (Å²) in [5.74, 6) is 0.280. The van der Waals surface area contributed by atoms with Crippen molar-refractivity contribution < 1.29 is 9.53 Å². The van der Waals surface area contributed by atoms with Crippen molar-refractivity contribution in [3.05, 3.63) is 93.9 Å². The van der Waals surface area contributed by atoms with Crippen molar-refractivity contribution in [1.82, 2.24) is 4.57 Å². The lowest BCUT2D eigenvalue weighted by Crippen LogP contribution is -2.23. The van der Waals surface area contributed by atoms with E-state index in [1.54, 1.807) is 30.0 Å². The summed E-state index contributed by atoms with van der Waals surface area (Å²) in [6.07, 6.45) is 1.58. The summed E-state index contributed by atoms with van der Waals surface area (Å²) < 4.78 is 6.79. The van der Waals surface area contributed by atoms with Crippen molar-refractivity contribution in [3.8, 4) is 5.75 Å². The molecule has 0 saturated carbocycles. The molecule has 5 heteroatoms. The summed E-state index contributed by atoms with van der Waals surface area (Å²) in [6.45, 7) is 2.42. The minimum atomic E-state index is -0.298. The molecule has 2 aromatic carbocycles. The van der Waals surface area contributed by atoms with E-state index < -0.39 is 0 Å². The maximum Gasteiger partial charge on any atom is 0.257 e. The molecule has 1 heterocycles. The van der Waals surface area contributed by atoms with Gasteiger partial charge in [0.1, 0.15) is 5.75 Å². The number of pyridine rings is 1. The van der Waals surface area contributed by atoms with Crippen LogP contribution in [0.15, 0.2) is 71.7 Å². The molecule has 0 radical (unpaired) electrons. The van der Waals surface area contributed by atoms with Crippen LogP contribution in [-0.4, -0.2) is 17.6 Å². The number of hydrogen-bond donors (Lipinski definition) is 1. The van der Waals surface area contributed by atoms with Gasteiger partial charge in [-0.2, -0.15) is 0 Å². The standard InChI is InChI=1S/C21H20N2O3/c1-15-7-3-4-8-16(15)13-23-14-17(11-12-20(23)24)21(25)22-18-9-5-6-10-19(18)26-2/h3-12,14H,13H2,1-2H3,(H,22,25). The minimum Gasteiger partial charge on any atom is -0.495 e. The molecule has 0 aliphatic rings. The normalized spacial score (nSPS) is 10.4. The molecule has 26 heavy (non-hydrogen) atoms. The van der Waals surface area contributed by atoms with Crippen molar-refractivity contribution in [2.45, 2.75) is 13.5 Å². The Balaban J connectivity index is 1.86. The topological polar surface area (TPSA) is 60.3 Å². The van der Waals surface area contributed by atoms with E-state index in [4.69, 9.17) is 4.74 Å². The molecule has 1 amide bonds. The molecule has 3 rings (SSSR count). The van der Waals surface area contributed by atoms with Crippen molar-refractivity contribution in [2.24, 2.45) is 0 Å². The third-order valence-electron chi connectivity index (χ3n) is 4.20. The molecule has 0 saturated heterocycles. The van der Waals surface area contributed by atoms with E-state index in [1.165, 1.54) is 12.1 Å². The number of nitrogens with zero attached hydrogens (tertiary/aromatic N) is 1. The molecule has 0 fully saturated rings. The fourth-order valence-electron chi connectivity index (χ4n) is 2.70. The van der Waals surface area contributed by atoms with Crippen LogP contribution >= 0.6 is 0 Å². The van der Waals surface area contributed by atoms with Crippen LogP contribution in [0.4, 0.5) is 5.69 Å². The number of amides is 1. The number of carbonyl (C=O) groups excluding carboxylic acids is 1. The lowest BCUT2D eigenvalue weighted by atomic mass is 10.1. The zero-order valence-electron chi connectivity index (χ0n) is 14.7. The highest BCUT2D eigenvalue weighted by Gasteiger charge is 2.11. The number of hydrogen-bond acceptors (Lipinski definition) is 3. The van der Waals surface area contributed by atoms with Gasteiger partial charge in [-0.05, 0) is 36.2 Å². The molecule has 1 N–H and O–H groups in total. The summed E-state index contributed by atoms with van der Waals surface area (Å²) in [7, 11) is 1.55. The number of benzene rings is 2. The highest BCUT2D eigenvalue weighted by molar-refractivity contribution is 6.04. The van der Waals surface area contributed by atoms with Gasteiger partial charge in [0.2, 0.25) is 0 Å². The van der Waals surface area contributed by atoms with Gasteiger partial charge in [-0.15, -0.1) is 0 Å². The van der Waals surface area contributed by atoms with Crippen LogP contribution in [0, 0.1) is 6.92 Å². The summed E-state index contributed by atoms with van der Waals surface area (Å²) in [4.78, 5) is 24.8. The van der Waals surface area contributed by atoms with Crippen molar-refractivity contribution in [1.29, 1.82) is 0 Å². The summed E-state index contributed by atoms with van der Waals surface area (Å²) >= 11 is 0. The molecular formula is C21H20N2O3. The van der Waals surface area contributed by atoms with E-state index in [2.05, 4.69) is 5.32 Å². The first kappa shape index (κ1) is 17.5. The van der Waals surface area contributed by atoms with Crippen LogP contribution in [0.3, 0.4) is 0 Å². The number of ether oxygens (including phenoxy) is 1. The van der Waals surface area contributed by atoms with E-state index >= 15 is 0 Å². The highest BCUT2D eigenvalue weighted by Crippen LogP contribution is 2.23. The lowest BCUT2D eigenvalue weighted by Gasteiger charge is -2.12. The Hall–Kier alpha value is -3.34. The van der Waals surface area contributed by atoms with Gasteiger partial charge < -0.3 is 14.6 Å². The molecule has 3 aromatic rings. The third kappa shape index (κ3) is 3.83. The Morgan fingerprint density at radius 2 is 1.77 bits per heavy atom. The fourth-order valence-corrected chi connectivity index (χ4v) is 2.70. The van der Waals surface area contributed by atoms with E-state index in [1.807, 2.05) is 43.3 Å². The predicted molar refractivity (Wildman–Crippen MR) is 102 cm³/mol. The van der Waals surface area contributed by atoms with Crippen molar-refractivity contribution in [3.63, 3.8) is 0 Å². The zero-order valence-corrected chi connectivity index (χ0v) is 14.7. The number of rotatable bonds is 5. The van der Waals surface area contributed by atoms with E-state index in [0.717, 1.165) is 11.1 Å². The first-order valence-corrected chi connectivity index (χ1v) is 8.28. The second-order valence-electron chi connectivity index (χ2n) is 5.96. The molecule has 5 nitrogen and oxygen atoms in total. The van der Waals surface area contributed by atoms with Crippen molar-refractivity contribution in [2.75, 3.05) is 12.4 Å². The second kappa shape index (κ2) is 7.70. The summed E-state index contributed by atoms with van der Waals surface area (Å²) in [6, 6.07) is 18.0. The molecule has 1 aromatic heterocycles. The van der Waals surface area contributed by atoms with E-state index in [9.17, 15) is 9.59 Å². The smallest absolute Gasteiger partial charge is 0.257 e. The van der Waals surface area contributed by atoms with Gasteiger partial charge in [0, 0.05) is 12.3 Å². The number of methoxy groups -OCH3 is 1. The number of aromatic nitrogens is 1. The van der Waals surface area contributed by atoms with Gasteiger partial charge in [0.25, 0.3) is 11.5 Å². The van der Waals surface area contributed by atoms with Crippen LogP contribution in [0.1, 0.15) is 21.5 Å². The molecule has 0 spiro atoms. The van der Waals surface area contributed by atoms with Gasteiger partial charge in [-0.3, -0.25) is 9.59 Å². The van der Waals surface area contributed by atoms with Crippen LogP contribution < -0.4 is 15.6 Å². The molecule has 0 atom stereocenters. The Morgan fingerprint density at radius 1 is 1.04 bits per heavy atom. The van der Waals surface area contributed by atoms with E-state index in [0.29, 0.717) is 23.5 Å². The largest absolute Gasteiger partial charge is 0.495 e. The van der Waals surface area contributed by atoms with Gasteiger partial charge >= 0.3 is 0 Å². The quantitative estimate of drug-likeness (QED) is 0.768. The second-order valence-corrected chi connectivity index (χ2v) is 5.96.